The maximum atomic E-state index is 13.8. The minimum Gasteiger partial charge on any atom is -0.207 e. The van der Waals surface area contributed by atoms with E-state index >= 15 is 0 Å². The fraction of sp³-hybridized carbons (Fsp3) is 0.294. The maximum Gasteiger partial charge on any atom is 0.128 e. The van der Waals surface area contributed by atoms with Crippen molar-refractivity contribution in [2.45, 2.75) is 31.6 Å². The van der Waals surface area contributed by atoms with Crippen molar-refractivity contribution in [1.82, 2.24) is 0 Å². The second-order valence-electron chi connectivity index (χ2n) is 5.00. The summed E-state index contributed by atoms with van der Waals surface area (Å²) < 4.78 is 13.8. The molecule has 0 radical (unpaired) electrons. The summed E-state index contributed by atoms with van der Waals surface area (Å²) in [6.45, 7) is 4.34. The third-order valence-corrected chi connectivity index (χ3v) is 4.36. The Labute approximate surface area is 129 Å². The standard InChI is InChI=1S/C17H17Cl2F/c1-3-11(2)12-4-6-13(7-5-12)17(19)15-10-14(18)8-9-16(15)20/h4-11,17H,3H2,1-2H3. The van der Waals surface area contributed by atoms with Crippen molar-refractivity contribution in [1.29, 1.82) is 0 Å². The van der Waals surface area contributed by atoms with Crippen LogP contribution < -0.4 is 0 Å². The van der Waals surface area contributed by atoms with Gasteiger partial charge in [-0.25, -0.2) is 4.39 Å². The Kier molecular flexibility index (Phi) is 5.06. The van der Waals surface area contributed by atoms with E-state index in [0.717, 1.165) is 12.0 Å². The molecular formula is C17H17Cl2F. The molecule has 2 aromatic carbocycles. The molecule has 0 fully saturated rings. The molecule has 0 N–H and O–H groups in total. The second kappa shape index (κ2) is 6.60. The van der Waals surface area contributed by atoms with Gasteiger partial charge in [0.2, 0.25) is 0 Å². The van der Waals surface area contributed by atoms with Gasteiger partial charge in [0.15, 0.2) is 0 Å². The van der Waals surface area contributed by atoms with Crippen LogP contribution in [0.15, 0.2) is 42.5 Å². The van der Waals surface area contributed by atoms with Crippen LogP contribution in [-0.2, 0) is 0 Å². The van der Waals surface area contributed by atoms with E-state index in [1.807, 2.05) is 12.1 Å². The van der Waals surface area contributed by atoms with Crippen molar-refractivity contribution >= 4 is 23.2 Å². The molecule has 2 atom stereocenters. The average Bonchev–Trinajstić information content (AvgIpc) is 2.48. The smallest absolute Gasteiger partial charge is 0.128 e. The lowest BCUT2D eigenvalue weighted by Gasteiger charge is -2.14. The molecule has 106 valence electrons. The third kappa shape index (κ3) is 3.34. The lowest BCUT2D eigenvalue weighted by molar-refractivity contribution is 0.612. The highest BCUT2D eigenvalue weighted by molar-refractivity contribution is 6.30. The van der Waals surface area contributed by atoms with Crippen molar-refractivity contribution in [2.75, 3.05) is 0 Å². The highest BCUT2D eigenvalue weighted by Crippen LogP contribution is 2.33. The van der Waals surface area contributed by atoms with Crippen LogP contribution in [-0.4, -0.2) is 0 Å². The zero-order chi connectivity index (χ0) is 14.7. The average molecular weight is 311 g/mol. The highest BCUT2D eigenvalue weighted by Gasteiger charge is 2.16. The van der Waals surface area contributed by atoms with Gasteiger partial charge in [-0.2, -0.15) is 0 Å². The molecule has 0 heterocycles. The lowest BCUT2D eigenvalue weighted by atomic mass is 9.96. The summed E-state index contributed by atoms with van der Waals surface area (Å²) in [5.74, 6) is 0.182. The van der Waals surface area contributed by atoms with Crippen LogP contribution in [0.25, 0.3) is 0 Å². The van der Waals surface area contributed by atoms with Gasteiger partial charge in [0.05, 0.1) is 5.38 Å². The van der Waals surface area contributed by atoms with Crippen molar-refractivity contribution in [3.05, 3.63) is 70.0 Å². The molecule has 0 aromatic heterocycles. The summed E-state index contributed by atoms with van der Waals surface area (Å²) in [6, 6.07) is 12.5. The van der Waals surface area contributed by atoms with E-state index in [2.05, 4.69) is 26.0 Å². The van der Waals surface area contributed by atoms with Gasteiger partial charge in [0.1, 0.15) is 5.82 Å². The van der Waals surface area contributed by atoms with Gasteiger partial charge in [-0.1, -0.05) is 49.7 Å². The molecule has 2 rings (SSSR count). The Hall–Kier alpha value is -1.05. The van der Waals surface area contributed by atoms with Crippen molar-refractivity contribution in [2.24, 2.45) is 0 Å². The van der Waals surface area contributed by atoms with Crippen LogP contribution in [0.4, 0.5) is 4.39 Å². The molecule has 2 unspecified atom stereocenters. The zero-order valence-electron chi connectivity index (χ0n) is 11.5. The van der Waals surface area contributed by atoms with E-state index in [9.17, 15) is 4.39 Å². The van der Waals surface area contributed by atoms with Crippen LogP contribution in [0.3, 0.4) is 0 Å². The Bertz CT molecular complexity index is 578. The van der Waals surface area contributed by atoms with Gasteiger partial charge in [0.25, 0.3) is 0 Å². The number of hydrogen-bond donors (Lipinski definition) is 0. The van der Waals surface area contributed by atoms with Crippen molar-refractivity contribution in [3.8, 4) is 0 Å². The predicted octanol–water partition coefficient (Wildman–Crippen LogP) is 6.32. The number of rotatable bonds is 4. The maximum absolute atomic E-state index is 13.8. The molecule has 0 nitrogen and oxygen atoms in total. The van der Waals surface area contributed by atoms with E-state index in [0.29, 0.717) is 16.5 Å². The van der Waals surface area contributed by atoms with Crippen LogP contribution in [0.5, 0.6) is 0 Å². The lowest BCUT2D eigenvalue weighted by Crippen LogP contribution is -1.98. The van der Waals surface area contributed by atoms with Gasteiger partial charge in [0, 0.05) is 10.6 Å². The Morgan fingerprint density at radius 2 is 1.65 bits per heavy atom. The Morgan fingerprint density at radius 1 is 1.05 bits per heavy atom. The van der Waals surface area contributed by atoms with Crippen molar-refractivity contribution in [3.63, 3.8) is 0 Å². The normalized spacial score (nSPS) is 14.1. The summed E-state index contributed by atoms with van der Waals surface area (Å²) in [5.41, 5.74) is 2.56. The predicted molar refractivity (Wildman–Crippen MR) is 84.3 cm³/mol. The first-order chi connectivity index (χ1) is 9.52. The molecule has 20 heavy (non-hydrogen) atoms. The number of halogens is 3. The van der Waals surface area contributed by atoms with Crippen LogP contribution in [0.2, 0.25) is 5.02 Å². The molecule has 0 amide bonds. The van der Waals surface area contributed by atoms with E-state index < -0.39 is 5.38 Å². The molecule has 2 aromatic rings. The summed E-state index contributed by atoms with van der Waals surface area (Å²) in [6.07, 6.45) is 1.09. The summed E-state index contributed by atoms with van der Waals surface area (Å²) in [4.78, 5) is 0. The quantitative estimate of drug-likeness (QED) is 0.579. The van der Waals surface area contributed by atoms with Gasteiger partial charge in [-0.15, -0.1) is 11.6 Å². The minimum absolute atomic E-state index is 0.333. The monoisotopic (exact) mass is 310 g/mol. The Balaban J connectivity index is 2.29. The first-order valence-corrected chi connectivity index (χ1v) is 7.53. The fourth-order valence-corrected chi connectivity index (χ4v) is 2.61. The summed E-state index contributed by atoms with van der Waals surface area (Å²) in [5, 5.41) is -0.0389. The van der Waals surface area contributed by atoms with Gasteiger partial charge in [-0.3, -0.25) is 0 Å². The number of benzene rings is 2. The van der Waals surface area contributed by atoms with E-state index in [4.69, 9.17) is 23.2 Å². The zero-order valence-corrected chi connectivity index (χ0v) is 13.0. The molecular weight excluding hydrogens is 294 g/mol. The Morgan fingerprint density at radius 3 is 2.25 bits per heavy atom. The van der Waals surface area contributed by atoms with Gasteiger partial charge in [-0.05, 0) is 41.7 Å². The largest absolute Gasteiger partial charge is 0.207 e. The molecule has 0 spiro atoms. The SMILES string of the molecule is CCC(C)c1ccc(C(Cl)c2cc(Cl)ccc2F)cc1. The molecule has 0 saturated heterocycles. The van der Waals surface area contributed by atoms with Gasteiger partial charge < -0.3 is 0 Å². The van der Waals surface area contributed by atoms with E-state index in [1.54, 1.807) is 6.07 Å². The molecule has 3 heteroatoms. The molecule has 0 aliphatic heterocycles. The van der Waals surface area contributed by atoms with E-state index in [-0.39, 0.29) is 5.82 Å². The highest BCUT2D eigenvalue weighted by atomic mass is 35.5. The molecule has 0 bridgehead atoms. The molecule has 0 aliphatic carbocycles. The topological polar surface area (TPSA) is 0 Å². The minimum atomic E-state index is -0.528. The second-order valence-corrected chi connectivity index (χ2v) is 5.88. The van der Waals surface area contributed by atoms with Crippen LogP contribution >= 0.6 is 23.2 Å². The van der Waals surface area contributed by atoms with Gasteiger partial charge >= 0.3 is 0 Å². The number of hydrogen-bond acceptors (Lipinski definition) is 0. The van der Waals surface area contributed by atoms with Crippen molar-refractivity contribution < 1.29 is 4.39 Å². The first-order valence-electron chi connectivity index (χ1n) is 6.71. The van der Waals surface area contributed by atoms with E-state index in [1.165, 1.54) is 17.7 Å². The summed E-state index contributed by atoms with van der Waals surface area (Å²) >= 11 is 12.3. The number of alkyl halides is 1. The van der Waals surface area contributed by atoms with Crippen LogP contribution in [0.1, 0.15) is 48.3 Å². The van der Waals surface area contributed by atoms with Crippen LogP contribution in [0, 0.1) is 5.82 Å². The molecule has 0 saturated carbocycles. The molecule has 0 aliphatic rings. The fourth-order valence-electron chi connectivity index (χ4n) is 2.12. The first kappa shape index (κ1) is 15.3. The third-order valence-electron chi connectivity index (χ3n) is 3.64. The summed E-state index contributed by atoms with van der Waals surface area (Å²) in [7, 11) is 0.